The average molecular weight is 2290 g/mol. The molecule has 4 aliphatic rings. The number of esters is 4. The van der Waals surface area contributed by atoms with Gasteiger partial charge in [0.1, 0.15) is 36.0 Å². The number of ether oxygens (including phenoxy) is 6. The maximum absolute atomic E-state index is 13.0. The zero-order valence-corrected chi connectivity index (χ0v) is 84.1. The van der Waals surface area contributed by atoms with E-state index >= 15 is 0 Å². The number of sulfonamides is 4. The average Bonchev–Trinajstić information content (AvgIpc) is 0.909. The first-order valence-corrected chi connectivity index (χ1v) is 51.7. The molecular formula is C76H82F22N24O18S8. The number of hydrogen-bond donors (Lipinski definition) is 4. The lowest BCUT2D eigenvalue weighted by Gasteiger charge is -2.36. The van der Waals surface area contributed by atoms with Crippen molar-refractivity contribution in [2.24, 2.45) is 40.9 Å². The summed E-state index contributed by atoms with van der Waals surface area (Å²) >= 11 is 1.73. The van der Waals surface area contributed by atoms with Crippen molar-refractivity contribution in [1.82, 2.24) is 40.8 Å². The zero-order chi connectivity index (χ0) is 110. The normalized spacial score (nSPS) is 16.6. The van der Waals surface area contributed by atoms with Gasteiger partial charge in [-0.2, -0.15) is 113 Å². The number of methoxy groups -OCH3 is 2. The maximum Gasteiger partial charge on any atom is 0.516 e. The van der Waals surface area contributed by atoms with Gasteiger partial charge in [0.25, 0.3) is 20.5 Å². The molecule has 72 heteroatoms. The molecule has 4 aromatic carbocycles. The monoisotopic (exact) mass is 2290 g/mol. The number of halogens is 22. The number of fused-ring (bicyclic) bond motifs is 4. The first-order chi connectivity index (χ1) is 68.6. The van der Waals surface area contributed by atoms with Gasteiger partial charge in [0, 0.05) is 89.3 Å². The van der Waals surface area contributed by atoms with Crippen LogP contribution in [-0.2, 0) is 94.2 Å². The number of aryl methyl sites for hydroxylation is 4. The van der Waals surface area contributed by atoms with Crippen LogP contribution in [0.25, 0.3) is 0 Å². The van der Waals surface area contributed by atoms with Gasteiger partial charge in [0.05, 0.1) is 36.0 Å². The molecule has 4 unspecified atom stereocenters. The van der Waals surface area contributed by atoms with Crippen LogP contribution >= 0.6 is 45.3 Å². The number of hydrogen-bond acceptors (Lipinski definition) is 42. The van der Waals surface area contributed by atoms with Crippen LogP contribution in [0, 0.1) is 0 Å². The van der Waals surface area contributed by atoms with Crippen LogP contribution in [0.2, 0.25) is 0 Å². The van der Waals surface area contributed by atoms with E-state index in [-0.39, 0.29) is 122 Å². The summed E-state index contributed by atoms with van der Waals surface area (Å²) in [5, 5.41) is 54.1. The molecule has 0 amide bonds. The number of carbonyl (C=O) groups is 4. The van der Waals surface area contributed by atoms with Crippen molar-refractivity contribution in [3.8, 4) is 0 Å². The van der Waals surface area contributed by atoms with Crippen molar-refractivity contribution in [1.29, 1.82) is 0 Å². The summed E-state index contributed by atoms with van der Waals surface area (Å²) in [6.07, 6.45) is -25.5. The largest absolute Gasteiger partial charge is 0.516 e. The maximum atomic E-state index is 13.0. The van der Waals surface area contributed by atoms with Gasteiger partial charge in [0.15, 0.2) is 11.5 Å². The number of azo groups is 4. The zero-order valence-electron chi connectivity index (χ0n) is 77.5. The molecule has 4 aliphatic heterocycles. The van der Waals surface area contributed by atoms with Gasteiger partial charge in [-0.1, -0.05) is 73.0 Å². The number of nitrogens with one attached hydrogen (secondary N) is 4. The Morgan fingerprint density at radius 3 is 0.784 bits per heavy atom. The highest BCUT2D eigenvalue weighted by Gasteiger charge is 2.64. The summed E-state index contributed by atoms with van der Waals surface area (Å²) < 4.78 is 408. The van der Waals surface area contributed by atoms with Crippen molar-refractivity contribution in [2.75, 3.05) is 119 Å². The fourth-order valence-corrected chi connectivity index (χ4v) is 19.3. The van der Waals surface area contributed by atoms with E-state index in [1.165, 1.54) is 55.3 Å². The topological polar surface area (TPSA) is 523 Å². The molecule has 0 saturated carbocycles. The second kappa shape index (κ2) is 48.3. The molecule has 148 heavy (non-hydrogen) atoms. The van der Waals surface area contributed by atoms with Crippen molar-refractivity contribution in [3.05, 3.63) is 90.8 Å². The second-order valence-corrected chi connectivity index (χ2v) is 41.9. The summed E-state index contributed by atoms with van der Waals surface area (Å²) in [6.45, 7) is 8.27. The quantitative estimate of drug-likeness (QED) is 0.00956. The van der Waals surface area contributed by atoms with Crippen LogP contribution in [0.15, 0.2) is 89.4 Å². The van der Waals surface area contributed by atoms with Crippen molar-refractivity contribution >= 4 is 198 Å². The summed E-state index contributed by atoms with van der Waals surface area (Å²) in [6, 6.07) is 11.4. The van der Waals surface area contributed by atoms with E-state index in [2.05, 4.69) is 91.2 Å². The number of aromatic nitrogens is 8. The summed E-state index contributed by atoms with van der Waals surface area (Å²) in [4.78, 5) is 54.6. The first kappa shape index (κ1) is 120. The highest BCUT2D eigenvalue weighted by atomic mass is 32.2. The van der Waals surface area contributed by atoms with Crippen LogP contribution in [0.4, 0.5) is 185 Å². The Morgan fingerprint density at radius 1 is 0.345 bits per heavy atom. The minimum atomic E-state index is -6.19. The summed E-state index contributed by atoms with van der Waals surface area (Å²) in [5.74, 6) is -10.0. The van der Waals surface area contributed by atoms with Crippen LogP contribution in [-0.4, -0.2) is 251 Å². The van der Waals surface area contributed by atoms with Gasteiger partial charge in [-0.25, -0.2) is 36.0 Å². The SMILES string of the molecule is CCC1CCc2cc(N=Nc3nnc(C(=O)OC(F)(F)C(F)(F)F)s3)c(NS(=O)(=O)C(F)(F)F)cc2N1C.CCC1CCc2cc(N=Nc3nnc(C(=O)OC(F)(F)C(F)(F)F)s3)c(NS(=O)(=O)CC(F)(F)F)cc2N1C.CCC1CCc2cc(N=Nc3nnc(C(=O)OCCOC)s3)c(NS(=O)(=O)C(F)(F)F)cc2N1C.CCC1CCc2cc(N=Nc3nnc(C(=O)OCCOC)s3)c(NS(=O)(=O)CC(F)(F)F)cc2N1C. The third-order valence-corrected chi connectivity index (χ3v) is 29.0. The molecule has 0 saturated heterocycles. The molecule has 0 fully saturated rings. The Balaban J connectivity index is 0.000000219. The number of rotatable bonds is 34. The molecule has 4 aromatic heterocycles. The predicted molar refractivity (Wildman–Crippen MR) is 487 cm³/mol. The van der Waals surface area contributed by atoms with Crippen molar-refractivity contribution in [2.45, 2.75) is 177 Å². The van der Waals surface area contributed by atoms with E-state index in [4.69, 9.17) is 18.9 Å². The highest BCUT2D eigenvalue weighted by molar-refractivity contribution is 7.94. The van der Waals surface area contributed by atoms with Gasteiger partial charge in [-0.05, 0) is 148 Å². The lowest BCUT2D eigenvalue weighted by molar-refractivity contribution is -0.370. The molecule has 0 bridgehead atoms. The Hall–Kier alpha value is -12.0. The fraction of sp³-hybridized carbons (Fsp3) is 0.526. The standard InChI is InChI=1S/C20H25F3N6O5S2.C19H18F8N6O4S2.C19H23F3N6O5S2.C18H16F8N6O4S2/c1-4-13-6-5-12-9-14(24-26-19-27-25-17(35-19)18(30)34-8-7-33-3)15(10-16(12)29(13)2)28-36(31,32)11-20(21,22)23;1-3-10-5-4-9-6-11(12(7-13(9)33(10)2)32-39(35,36)8-17(20,21)22)28-30-16-31-29-14(38-16)15(34)37-19(26,27)18(23,24)25;1-4-12-6-5-11-9-13(14(10-15(11)28(12)2)27-35(30,31)19(20,21)22)23-25-18-26-24-16(34-18)17(29)33-8-7-32-3;1-3-9-5-4-8-6-10(11(7-12(8)32(9)2)31-38(34,35)18(24,25)26)27-29-15-30-28-13(37-15)14(33)36-17(22,23)16(19,20)21/h9-10,13,28H,4-8,11H2,1-3H3;6-7,10,32H,3-5,8H2,1-2H3;9-10,12,27H,4-8H2,1-3H3;6-7,9,31H,3-5H2,1-2H3. The third kappa shape index (κ3) is 32.0. The molecule has 0 spiro atoms. The fourth-order valence-electron chi connectivity index (χ4n) is 14.0. The number of alkyl halides is 22. The van der Waals surface area contributed by atoms with Crippen LogP contribution in [0.3, 0.4) is 0 Å². The lowest BCUT2D eigenvalue weighted by atomic mass is 9.94. The van der Waals surface area contributed by atoms with E-state index in [9.17, 15) is 149 Å². The van der Waals surface area contributed by atoms with E-state index in [1.807, 2.05) is 58.9 Å². The lowest BCUT2D eigenvalue weighted by Crippen LogP contribution is -2.40. The Kier molecular flexibility index (Phi) is 39.0. The van der Waals surface area contributed by atoms with Gasteiger partial charge >= 0.3 is 91.9 Å². The molecule has 0 aliphatic carbocycles. The van der Waals surface area contributed by atoms with Crippen molar-refractivity contribution in [3.63, 3.8) is 0 Å². The molecule has 816 valence electrons. The third-order valence-electron chi connectivity index (χ3n) is 21.2. The molecule has 0 radical (unpaired) electrons. The number of carbonyl (C=O) groups excluding carboxylic acids is 4. The van der Waals surface area contributed by atoms with E-state index < -0.39 is 161 Å². The van der Waals surface area contributed by atoms with Crippen LogP contribution in [0.1, 0.15) is 141 Å². The predicted octanol–water partition coefficient (Wildman–Crippen LogP) is 19.8. The van der Waals surface area contributed by atoms with Crippen LogP contribution in [0.5, 0.6) is 0 Å². The summed E-state index contributed by atoms with van der Waals surface area (Å²) in [5.41, 5.74) is -8.39. The van der Waals surface area contributed by atoms with E-state index in [0.717, 1.165) is 72.0 Å². The molecule has 12 rings (SSSR count). The summed E-state index contributed by atoms with van der Waals surface area (Å²) in [7, 11) is -11.3. The van der Waals surface area contributed by atoms with Gasteiger partial charge in [-0.3, -0.25) is 18.9 Å². The Labute approximate surface area is 839 Å². The molecular weight excluding hydrogens is 2210 g/mol. The van der Waals surface area contributed by atoms with E-state index in [1.54, 1.807) is 36.8 Å². The van der Waals surface area contributed by atoms with Crippen LogP contribution < -0.4 is 38.5 Å². The Bertz CT molecular complexity index is 6690. The smallest absolute Gasteiger partial charge is 0.458 e. The number of benzene rings is 4. The molecule has 8 heterocycles. The highest BCUT2D eigenvalue weighted by Crippen LogP contribution is 2.48. The minimum absolute atomic E-state index is 0.00210. The first-order valence-electron chi connectivity index (χ1n) is 42.2. The number of nitrogens with zero attached hydrogens (tertiary/aromatic N) is 20. The molecule has 42 nitrogen and oxygen atoms in total. The number of anilines is 8. The van der Waals surface area contributed by atoms with Gasteiger partial charge < -0.3 is 48.0 Å². The van der Waals surface area contributed by atoms with Crippen molar-refractivity contribution < 1.29 is 178 Å². The minimum Gasteiger partial charge on any atom is -0.458 e. The van der Waals surface area contributed by atoms with Gasteiger partial charge in [-0.15, -0.1) is 81.7 Å². The molecule has 4 atom stereocenters. The Morgan fingerprint density at radius 2 is 0.574 bits per heavy atom. The van der Waals surface area contributed by atoms with Gasteiger partial charge in [0.2, 0.25) is 40.1 Å². The van der Waals surface area contributed by atoms with E-state index in [0.29, 0.717) is 78.8 Å². The second-order valence-electron chi connectivity index (χ2n) is 31.3. The molecule has 4 N–H and O–H groups in total. The molecule has 8 aromatic rings.